The van der Waals surface area contributed by atoms with E-state index in [1.165, 1.54) is 0 Å². The van der Waals surface area contributed by atoms with Crippen LogP contribution in [0, 0.1) is 19.8 Å². The highest BCUT2D eigenvalue weighted by Crippen LogP contribution is 2.17. The number of hydrogen-bond donors (Lipinski definition) is 1. The Morgan fingerprint density at radius 2 is 2.14 bits per heavy atom. The topological polar surface area (TPSA) is 81.1 Å². The monoisotopic (exact) mass is 313 g/mol. The van der Waals surface area contributed by atoms with Crippen LogP contribution in [0.1, 0.15) is 29.8 Å². The van der Waals surface area contributed by atoms with Gasteiger partial charge in [-0.05, 0) is 38.2 Å². The van der Waals surface area contributed by atoms with Gasteiger partial charge in [-0.2, -0.15) is 5.10 Å². The Hall–Kier alpha value is -1.37. The first-order valence-corrected chi connectivity index (χ1v) is 9.07. The van der Waals surface area contributed by atoms with Crippen LogP contribution in [0.15, 0.2) is 0 Å². The van der Waals surface area contributed by atoms with Gasteiger partial charge in [0.25, 0.3) is 0 Å². The molecule has 1 amide bonds. The van der Waals surface area contributed by atoms with E-state index in [1.54, 1.807) is 0 Å². The van der Waals surface area contributed by atoms with E-state index in [0.717, 1.165) is 17.0 Å². The second-order valence-corrected chi connectivity index (χ2v) is 8.07. The molecule has 6 nitrogen and oxygen atoms in total. The van der Waals surface area contributed by atoms with E-state index in [-0.39, 0.29) is 23.3 Å². The van der Waals surface area contributed by atoms with E-state index in [1.807, 2.05) is 25.6 Å². The molecule has 2 rings (SSSR count). The van der Waals surface area contributed by atoms with Gasteiger partial charge in [-0.1, -0.05) is 0 Å². The number of hydrogen-bond acceptors (Lipinski definition) is 4. The molecule has 0 spiro atoms. The summed E-state index contributed by atoms with van der Waals surface area (Å²) in [7, 11) is -0.974. The second kappa shape index (κ2) is 6.17. The Balaban J connectivity index is 1.78. The first kappa shape index (κ1) is 16.0. The fourth-order valence-electron chi connectivity index (χ4n) is 2.80. The van der Waals surface area contributed by atoms with Gasteiger partial charge < -0.3 is 5.32 Å². The van der Waals surface area contributed by atoms with Gasteiger partial charge in [0.1, 0.15) is 0 Å². The molecule has 1 atom stereocenters. The first-order chi connectivity index (χ1) is 9.78. The van der Waals surface area contributed by atoms with Crippen LogP contribution in [0.2, 0.25) is 0 Å². The number of sulfone groups is 1. The summed E-state index contributed by atoms with van der Waals surface area (Å²) in [6.07, 6.45) is 1.73. The standard InChI is InChI=1S/C14H23N3O3S/c1-10-13(11(2)17(3)16-10)4-5-14(18)15-8-12-6-7-21(19,20)9-12/h12H,4-9H2,1-3H3,(H,15,18)/t12-/m1/s1. The molecular weight excluding hydrogens is 290 g/mol. The van der Waals surface area contributed by atoms with Gasteiger partial charge in [0, 0.05) is 25.7 Å². The highest BCUT2D eigenvalue weighted by molar-refractivity contribution is 7.91. The molecule has 1 aromatic rings. The zero-order valence-electron chi connectivity index (χ0n) is 12.8. The molecule has 1 aromatic heterocycles. The molecule has 1 aliphatic rings. The van der Waals surface area contributed by atoms with E-state index in [9.17, 15) is 13.2 Å². The fourth-order valence-corrected chi connectivity index (χ4v) is 4.66. The SMILES string of the molecule is Cc1nn(C)c(C)c1CCC(=O)NC[C@H]1CCS(=O)(=O)C1. The number of nitrogens with zero attached hydrogens (tertiary/aromatic N) is 2. The van der Waals surface area contributed by atoms with Crippen LogP contribution in [-0.2, 0) is 28.1 Å². The summed E-state index contributed by atoms with van der Waals surface area (Å²) in [4.78, 5) is 11.9. The normalized spacial score (nSPS) is 20.6. The van der Waals surface area contributed by atoms with Crippen LogP contribution in [-0.4, -0.2) is 42.2 Å². The molecule has 7 heteroatoms. The van der Waals surface area contributed by atoms with Crippen LogP contribution in [0.25, 0.3) is 0 Å². The number of nitrogens with one attached hydrogen (secondary N) is 1. The Morgan fingerprint density at radius 3 is 2.67 bits per heavy atom. The second-order valence-electron chi connectivity index (χ2n) is 5.85. The lowest BCUT2D eigenvalue weighted by Gasteiger charge is -2.09. The number of amides is 1. The zero-order chi connectivity index (χ0) is 15.6. The number of carbonyl (C=O) groups is 1. The number of carbonyl (C=O) groups excluding carboxylic acids is 1. The van der Waals surface area contributed by atoms with Gasteiger partial charge in [-0.15, -0.1) is 0 Å². The first-order valence-electron chi connectivity index (χ1n) is 7.24. The van der Waals surface area contributed by atoms with Crippen molar-refractivity contribution in [3.8, 4) is 0 Å². The van der Waals surface area contributed by atoms with E-state index in [4.69, 9.17) is 0 Å². The molecule has 1 fully saturated rings. The molecule has 1 N–H and O–H groups in total. The van der Waals surface area contributed by atoms with E-state index in [0.29, 0.717) is 25.8 Å². The van der Waals surface area contributed by atoms with Gasteiger partial charge in [0.2, 0.25) is 5.91 Å². The lowest BCUT2D eigenvalue weighted by atomic mass is 10.1. The smallest absolute Gasteiger partial charge is 0.220 e. The lowest BCUT2D eigenvalue weighted by Crippen LogP contribution is -2.30. The molecule has 1 saturated heterocycles. The van der Waals surface area contributed by atoms with Gasteiger partial charge in [-0.25, -0.2) is 8.42 Å². The van der Waals surface area contributed by atoms with Crippen molar-refractivity contribution in [2.75, 3.05) is 18.1 Å². The third-order valence-electron chi connectivity index (χ3n) is 4.18. The van der Waals surface area contributed by atoms with Crippen LogP contribution in [0.4, 0.5) is 0 Å². The third-order valence-corrected chi connectivity index (χ3v) is 6.01. The third kappa shape index (κ3) is 4.06. The summed E-state index contributed by atoms with van der Waals surface area (Å²) in [5.41, 5.74) is 3.17. The highest BCUT2D eigenvalue weighted by atomic mass is 32.2. The summed E-state index contributed by atoms with van der Waals surface area (Å²) in [6, 6.07) is 0. The summed E-state index contributed by atoms with van der Waals surface area (Å²) in [6.45, 7) is 4.41. The van der Waals surface area contributed by atoms with Gasteiger partial charge >= 0.3 is 0 Å². The van der Waals surface area contributed by atoms with E-state index < -0.39 is 9.84 Å². The van der Waals surface area contributed by atoms with Crippen LogP contribution in [0.3, 0.4) is 0 Å². The Bertz CT molecular complexity index is 634. The molecule has 2 heterocycles. The maximum atomic E-state index is 11.9. The van der Waals surface area contributed by atoms with E-state index in [2.05, 4.69) is 10.4 Å². The average molecular weight is 313 g/mol. The maximum absolute atomic E-state index is 11.9. The largest absolute Gasteiger partial charge is 0.356 e. The van der Waals surface area contributed by atoms with Crippen molar-refractivity contribution in [3.05, 3.63) is 17.0 Å². The zero-order valence-corrected chi connectivity index (χ0v) is 13.7. The predicted octanol–water partition coefficient (Wildman–Crippen LogP) is 0.520. The predicted molar refractivity (Wildman–Crippen MR) is 80.8 cm³/mol. The molecule has 21 heavy (non-hydrogen) atoms. The van der Waals surface area contributed by atoms with Crippen LogP contribution in [0.5, 0.6) is 0 Å². The number of aromatic nitrogens is 2. The van der Waals surface area contributed by atoms with Crippen molar-refractivity contribution >= 4 is 15.7 Å². The van der Waals surface area contributed by atoms with E-state index >= 15 is 0 Å². The number of aryl methyl sites for hydroxylation is 2. The van der Waals surface area contributed by atoms with Crippen LogP contribution >= 0.6 is 0 Å². The van der Waals surface area contributed by atoms with Crippen molar-refractivity contribution in [1.82, 2.24) is 15.1 Å². The molecule has 0 bridgehead atoms. The van der Waals surface area contributed by atoms with Crippen LogP contribution < -0.4 is 5.32 Å². The van der Waals surface area contributed by atoms with Gasteiger partial charge in [0.05, 0.1) is 17.2 Å². The van der Waals surface area contributed by atoms with Crippen molar-refractivity contribution < 1.29 is 13.2 Å². The Labute approximate surface area is 125 Å². The minimum atomic E-state index is -2.87. The number of rotatable bonds is 5. The highest BCUT2D eigenvalue weighted by Gasteiger charge is 2.27. The summed E-state index contributed by atoms with van der Waals surface area (Å²) in [5.74, 6) is 0.498. The Morgan fingerprint density at radius 1 is 1.43 bits per heavy atom. The van der Waals surface area contributed by atoms with Crippen molar-refractivity contribution in [2.24, 2.45) is 13.0 Å². The molecule has 0 saturated carbocycles. The maximum Gasteiger partial charge on any atom is 0.220 e. The summed E-state index contributed by atoms with van der Waals surface area (Å²) < 4.78 is 24.5. The van der Waals surface area contributed by atoms with Gasteiger partial charge in [0.15, 0.2) is 9.84 Å². The molecule has 0 unspecified atom stereocenters. The molecule has 118 valence electrons. The van der Waals surface area contributed by atoms with Crippen molar-refractivity contribution in [3.63, 3.8) is 0 Å². The molecular formula is C14H23N3O3S. The molecule has 1 aliphatic heterocycles. The van der Waals surface area contributed by atoms with Crippen molar-refractivity contribution in [1.29, 1.82) is 0 Å². The quantitative estimate of drug-likeness (QED) is 0.859. The average Bonchev–Trinajstić information content (AvgIpc) is 2.86. The fraction of sp³-hybridized carbons (Fsp3) is 0.714. The summed E-state index contributed by atoms with van der Waals surface area (Å²) in [5, 5.41) is 7.18. The van der Waals surface area contributed by atoms with Gasteiger partial charge in [-0.3, -0.25) is 9.48 Å². The van der Waals surface area contributed by atoms with Crippen molar-refractivity contribution in [2.45, 2.75) is 33.1 Å². The summed E-state index contributed by atoms with van der Waals surface area (Å²) >= 11 is 0. The minimum Gasteiger partial charge on any atom is -0.356 e. The molecule has 0 aromatic carbocycles. The Kier molecular flexibility index (Phi) is 4.70. The molecule has 0 aliphatic carbocycles. The molecule has 0 radical (unpaired) electrons. The minimum absolute atomic E-state index is 0.0260. The lowest BCUT2D eigenvalue weighted by molar-refractivity contribution is -0.121.